The molecule has 3 rings (SSSR count). The number of carbonyl (C=O) groups excluding carboxylic acids is 1. The molecule has 0 bridgehead atoms. The molecule has 0 aromatic heterocycles. The lowest BCUT2D eigenvalue weighted by Gasteiger charge is -2.33. The van der Waals surface area contributed by atoms with E-state index in [1.165, 1.54) is 5.56 Å². The number of hydrogen-bond acceptors (Lipinski definition) is 2. The average molecular weight is 231 g/mol. The second-order valence-corrected chi connectivity index (χ2v) is 5.44. The van der Waals surface area contributed by atoms with Crippen LogP contribution in [-0.2, 0) is 14.9 Å². The highest BCUT2D eigenvalue weighted by molar-refractivity contribution is 6.06. The van der Waals surface area contributed by atoms with Crippen LogP contribution in [0.3, 0.4) is 0 Å². The van der Waals surface area contributed by atoms with Crippen LogP contribution in [0.2, 0.25) is 0 Å². The van der Waals surface area contributed by atoms with Gasteiger partial charge in [-0.1, -0.05) is 17.7 Å². The summed E-state index contributed by atoms with van der Waals surface area (Å²) in [5.41, 5.74) is 2.95. The van der Waals surface area contributed by atoms with Gasteiger partial charge in [0, 0.05) is 11.6 Å². The summed E-state index contributed by atoms with van der Waals surface area (Å²) in [4.78, 5) is 12.2. The van der Waals surface area contributed by atoms with Gasteiger partial charge in [0.1, 0.15) is 0 Å². The van der Waals surface area contributed by atoms with E-state index in [0.717, 1.165) is 30.9 Å². The SMILES string of the molecule is Cc1ccc2c(c1)C(C)(CC1COC1)C(=O)N2. The van der Waals surface area contributed by atoms with Gasteiger partial charge >= 0.3 is 0 Å². The lowest BCUT2D eigenvalue weighted by Crippen LogP contribution is -2.39. The van der Waals surface area contributed by atoms with Gasteiger partial charge in [0.2, 0.25) is 5.91 Å². The summed E-state index contributed by atoms with van der Waals surface area (Å²) < 4.78 is 5.21. The molecule has 1 N–H and O–H groups in total. The predicted octanol–water partition coefficient (Wildman–Crippen LogP) is 2.24. The third-order valence-corrected chi connectivity index (χ3v) is 3.92. The van der Waals surface area contributed by atoms with Crippen molar-refractivity contribution in [2.45, 2.75) is 25.7 Å². The number of carbonyl (C=O) groups is 1. The van der Waals surface area contributed by atoms with E-state index in [-0.39, 0.29) is 11.3 Å². The highest BCUT2D eigenvalue weighted by Crippen LogP contribution is 2.43. The van der Waals surface area contributed by atoms with E-state index in [1.807, 2.05) is 19.1 Å². The highest BCUT2D eigenvalue weighted by atomic mass is 16.5. The smallest absolute Gasteiger partial charge is 0.234 e. The summed E-state index contributed by atoms with van der Waals surface area (Å²) in [5, 5.41) is 2.99. The predicted molar refractivity (Wildman–Crippen MR) is 66.1 cm³/mol. The van der Waals surface area contributed by atoms with Crippen LogP contribution in [0.1, 0.15) is 24.5 Å². The summed E-state index contributed by atoms with van der Waals surface area (Å²) in [5.74, 6) is 0.655. The van der Waals surface area contributed by atoms with Crippen molar-refractivity contribution in [3.8, 4) is 0 Å². The summed E-state index contributed by atoms with van der Waals surface area (Å²) in [6.45, 7) is 5.70. The Labute approximate surface area is 101 Å². The van der Waals surface area contributed by atoms with Gasteiger partial charge in [0.25, 0.3) is 0 Å². The summed E-state index contributed by atoms with van der Waals surface area (Å²) >= 11 is 0. The Morgan fingerprint density at radius 2 is 2.24 bits per heavy atom. The molecule has 0 saturated carbocycles. The molecule has 1 unspecified atom stereocenters. The molecule has 1 aromatic rings. The first-order valence-electron chi connectivity index (χ1n) is 6.10. The van der Waals surface area contributed by atoms with Crippen molar-refractivity contribution in [1.82, 2.24) is 0 Å². The zero-order valence-corrected chi connectivity index (χ0v) is 10.2. The molecule has 2 aliphatic heterocycles. The van der Waals surface area contributed by atoms with Crippen molar-refractivity contribution in [3.63, 3.8) is 0 Å². The monoisotopic (exact) mass is 231 g/mol. The number of fused-ring (bicyclic) bond motifs is 1. The molecule has 1 saturated heterocycles. The van der Waals surface area contributed by atoms with Crippen molar-refractivity contribution in [2.24, 2.45) is 5.92 Å². The van der Waals surface area contributed by atoms with Crippen LogP contribution in [0.15, 0.2) is 18.2 Å². The summed E-state index contributed by atoms with van der Waals surface area (Å²) in [7, 11) is 0. The van der Waals surface area contributed by atoms with Crippen LogP contribution < -0.4 is 5.32 Å². The van der Waals surface area contributed by atoms with Crippen LogP contribution in [0, 0.1) is 12.8 Å². The summed E-state index contributed by atoms with van der Waals surface area (Å²) in [6, 6.07) is 6.18. The molecule has 1 atom stereocenters. The Morgan fingerprint density at radius 3 is 2.88 bits per heavy atom. The van der Waals surface area contributed by atoms with E-state index < -0.39 is 0 Å². The van der Waals surface area contributed by atoms with Gasteiger partial charge in [-0.2, -0.15) is 0 Å². The molecule has 90 valence electrons. The number of anilines is 1. The Morgan fingerprint density at radius 1 is 1.47 bits per heavy atom. The molecule has 2 heterocycles. The third-order valence-electron chi connectivity index (χ3n) is 3.92. The molecule has 3 heteroatoms. The van der Waals surface area contributed by atoms with Gasteiger partial charge in [-0.05, 0) is 31.9 Å². The van der Waals surface area contributed by atoms with Crippen LogP contribution in [0.25, 0.3) is 0 Å². The highest BCUT2D eigenvalue weighted by Gasteiger charge is 2.45. The first-order chi connectivity index (χ1) is 8.09. The Kier molecular flexibility index (Phi) is 2.26. The lowest BCUT2D eigenvalue weighted by atomic mass is 9.75. The Balaban J connectivity index is 1.98. The minimum Gasteiger partial charge on any atom is -0.381 e. The summed E-state index contributed by atoms with van der Waals surface area (Å²) in [6.07, 6.45) is 0.884. The van der Waals surface area contributed by atoms with Gasteiger partial charge in [0.05, 0.1) is 18.6 Å². The second-order valence-electron chi connectivity index (χ2n) is 5.44. The molecule has 1 aromatic carbocycles. The van der Waals surface area contributed by atoms with Crippen molar-refractivity contribution in [2.75, 3.05) is 18.5 Å². The van der Waals surface area contributed by atoms with Gasteiger partial charge < -0.3 is 10.1 Å². The van der Waals surface area contributed by atoms with Crippen molar-refractivity contribution in [1.29, 1.82) is 0 Å². The molecule has 0 radical (unpaired) electrons. The maximum Gasteiger partial charge on any atom is 0.234 e. The van der Waals surface area contributed by atoms with E-state index in [1.54, 1.807) is 0 Å². The molecular weight excluding hydrogens is 214 g/mol. The average Bonchev–Trinajstić information content (AvgIpc) is 2.48. The minimum absolute atomic E-state index is 0.130. The molecule has 0 spiro atoms. The van der Waals surface area contributed by atoms with Gasteiger partial charge in [0.15, 0.2) is 0 Å². The molecule has 1 amide bonds. The van der Waals surface area contributed by atoms with E-state index in [9.17, 15) is 4.79 Å². The second kappa shape index (κ2) is 3.57. The van der Waals surface area contributed by atoms with Gasteiger partial charge in [-0.25, -0.2) is 0 Å². The van der Waals surface area contributed by atoms with Crippen molar-refractivity contribution < 1.29 is 9.53 Å². The zero-order valence-electron chi connectivity index (χ0n) is 10.2. The normalized spacial score (nSPS) is 27.5. The molecule has 1 fully saturated rings. The van der Waals surface area contributed by atoms with E-state index in [0.29, 0.717) is 5.92 Å². The van der Waals surface area contributed by atoms with Crippen LogP contribution >= 0.6 is 0 Å². The Bertz CT molecular complexity index is 479. The fourth-order valence-corrected chi connectivity index (χ4v) is 2.79. The molecule has 0 aliphatic carbocycles. The maximum absolute atomic E-state index is 12.2. The van der Waals surface area contributed by atoms with Gasteiger partial charge in [-0.15, -0.1) is 0 Å². The first-order valence-corrected chi connectivity index (χ1v) is 6.10. The Hall–Kier alpha value is -1.35. The number of ether oxygens (including phenoxy) is 1. The number of amides is 1. The van der Waals surface area contributed by atoms with Crippen LogP contribution in [0.5, 0.6) is 0 Å². The van der Waals surface area contributed by atoms with Crippen molar-refractivity contribution in [3.05, 3.63) is 29.3 Å². The lowest BCUT2D eigenvalue weighted by molar-refractivity contribution is -0.122. The largest absolute Gasteiger partial charge is 0.381 e. The van der Waals surface area contributed by atoms with Crippen molar-refractivity contribution >= 4 is 11.6 Å². The van der Waals surface area contributed by atoms with Crippen LogP contribution in [-0.4, -0.2) is 19.1 Å². The molecule has 3 nitrogen and oxygen atoms in total. The molecule has 17 heavy (non-hydrogen) atoms. The third kappa shape index (κ3) is 1.57. The number of benzene rings is 1. The van der Waals surface area contributed by atoms with Gasteiger partial charge in [-0.3, -0.25) is 4.79 Å². The minimum atomic E-state index is -0.379. The fraction of sp³-hybridized carbons (Fsp3) is 0.500. The standard InChI is InChI=1S/C14H17NO2/c1-9-3-4-12-11(5-9)14(2,13(16)15-12)6-10-7-17-8-10/h3-5,10H,6-8H2,1-2H3,(H,15,16). The number of hydrogen-bond donors (Lipinski definition) is 1. The number of rotatable bonds is 2. The van der Waals surface area contributed by atoms with E-state index in [2.05, 4.69) is 18.3 Å². The number of nitrogens with one attached hydrogen (secondary N) is 1. The molecular formula is C14H17NO2. The van der Waals surface area contributed by atoms with E-state index >= 15 is 0 Å². The topological polar surface area (TPSA) is 38.3 Å². The number of aryl methyl sites for hydroxylation is 1. The fourth-order valence-electron chi connectivity index (χ4n) is 2.79. The maximum atomic E-state index is 12.2. The zero-order chi connectivity index (χ0) is 12.0. The van der Waals surface area contributed by atoms with Crippen LogP contribution in [0.4, 0.5) is 5.69 Å². The molecule has 2 aliphatic rings. The first kappa shape index (κ1) is 10.8. The van der Waals surface area contributed by atoms with E-state index in [4.69, 9.17) is 4.74 Å². The quantitative estimate of drug-likeness (QED) is 0.847.